The molecule has 0 bridgehead atoms. The Balaban J connectivity index is 1.91. The zero-order valence-corrected chi connectivity index (χ0v) is 18.0. The molecule has 0 aliphatic carbocycles. The maximum absolute atomic E-state index is 4.92. The highest BCUT2D eigenvalue weighted by Gasteiger charge is 2.36. The molecule has 1 atom stereocenters. The molecule has 0 amide bonds. The molecule has 2 heteroatoms. The Morgan fingerprint density at radius 1 is 0.800 bits per heavy atom. The first-order valence-electron chi connectivity index (χ1n) is 11.3. The van der Waals surface area contributed by atoms with Crippen LogP contribution in [0.15, 0.2) is 4.99 Å². The lowest BCUT2D eigenvalue weighted by Crippen LogP contribution is -2.44. The monoisotopic (exact) mass is 350 g/mol. The van der Waals surface area contributed by atoms with Crippen LogP contribution in [0.2, 0.25) is 0 Å². The summed E-state index contributed by atoms with van der Waals surface area (Å²) < 4.78 is 0. The van der Waals surface area contributed by atoms with E-state index in [1.165, 1.54) is 89.3 Å². The number of unbranched alkanes of at least 4 members (excludes halogenated alkanes) is 12. The molecule has 2 nitrogen and oxygen atoms in total. The third-order valence-electron chi connectivity index (χ3n) is 5.69. The normalized spacial score (nSPS) is 19.3. The fraction of sp³-hybridized carbons (Fsp3) is 0.957. The summed E-state index contributed by atoms with van der Waals surface area (Å²) in [4.78, 5) is 4.92. The molecule has 1 rings (SSSR count). The Bertz CT molecular complexity index is 357. The van der Waals surface area contributed by atoms with Gasteiger partial charge < -0.3 is 5.32 Å². The Morgan fingerprint density at radius 2 is 1.24 bits per heavy atom. The Hall–Kier alpha value is -0.530. The average molecular weight is 351 g/mol. The molecule has 1 N–H and O–H groups in total. The first-order valence-corrected chi connectivity index (χ1v) is 11.3. The minimum Gasteiger partial charge on any atom is -0.368 e. The number of amidine groups is 1. The van der Waals surface area contributed by atoms with Crippen molar-refractivity contribution < 1.29 is 0 Å². The summed E-state index contributed by atoms with van der Waals surface area (Å²) in [5.74, 6) is 1.90. The van der Waals surface area contributed by atoms with Gasteiger partial charge in [-0.3, -0.25) is 4.99 Å². The van der Waals surface area contributed by atoms with Gasteiger partial charge in [-0.15, -0.1) is 0 Å². The van der Waals surface area contributed by atoms with Crippen LogP contribution in [-0.2, 0) is 0 Å². The van der Waals surface area contributed by atoms with Crippen LogP contribution >= 0.6 is 0 Å². The van der Waals surface area contributed by atoms with E-state index in [2.05, 4.69) is 39.9 Å². The summed E-state index contributed by atoms with van der Waals surface area (Å²) in [5, 5.41) is 3.67. The third kappa shape index (κ3) is 9.66. The van der Waals surface area contributed by atoms with Gasteiger partial charge in [0.05, 0.1) is 17.4 Å². The first-order chi connectivity index (χ1) is 12.0. The third-order valence-corrected chi connectivity index (χ3v) is 5.69. The van der Waals surface area contributed by atoms with Crippen LogP contribution in [0.1, 0.15) is 125 Å². The van der Waals surface area contributed by atoms with E-state index in [1.54, 1.807) is 0 Å². The lowest BCUT2D eigenvalue weighted by atomic mass is 9.88. The summed E-state index contributed by atoms with van der Waals surface area (Å²) in [6, 6.07) is 0.504. The molecule has 0 aromatic rings. The Kier molecular flexibility index (Phi) is 11.5. The molecule has 1 heterocycles. The topological polar surface area (TPSA) is 24.4 Å². The second-order valence-electron chi connectivity index (χ2n) is 9.07. The van der Waals surface area contributed by atoms with Crippen molar-refractivity contribution in [2.24, 2.45) is 10.9 Å². The van der Waals surface area contributed by atoms with Gasteiger partial charge >= 0.3 is 0 Å². The number of hydrogen-bond acceptors (Lipinski definition) is 2. The molecule has 0 spiro atoms. The van der Waals surface area contributed by atoms with Crippen molar-refractivity contribution in [2.75, 3.05) is 0 Å². The van der Waals surface area contributed by atoms with E-state index in [9.17, 15) is 0 Å². The van der Waals surface area contributed by atoms with E-state index in [4.69, 9.17) is 4.99 Å². The molecule has 0 saturated carbocycles. The molecule has 148 valence electrons. The van der Waals surface area contributed by atoms with Gasteiger partial charge in [0.15, 0.2) is 0 Å². The number of hydrogen-bond donors (Lipinski definition) is 1. The zero-order chi connectivity index (χ0) is 18.5. The molecular formula is C23H46N2. The average Bonchev–Trinajstić information content (AvgIpc) is 2.86. The summed E-state index contributed by atoms with van der Waals surface area (Å²) >= 11 is 0. The van der Waals surface area contributed by atoms with Crippen molar-refractivity contribution in [3.8, 4) is 0 Å². The summed E-state index contributed by atoms with van der Waals surface area (Å²) in [7, 11) is 0. The summed E-state index contributed by atoms with van der Waals surface area (Å²) in [5.41, 5.74) is 0.0695. The summed E-state index contributed by atoms with van der Waals surface area (Å²) in [6.45, 7) is 11.4. The second kappa shape index (κ2) is 12.8. The van der Waals surface area contributed by atoms with Crippen LogP contribution in [0.5, 0.6) is 0 Å². The van der Waals surface area contributed by atoms with Gasteiger partial charge in [0.1, 0.15) is 0 Å². The number of rotatable bonds is 15. The number of nitrogens with one attached hydrogen (secondary N) is 1. The molecule has 0 aromatic heterocycles. The largest absolute Gasteiger partial charge is 0.368 e. The van der Waals surface area contributed by atoms with E-state index < -0.39 is 0 Å². The number of nitrogens with zero attached hydrogens (tertiary/aromatic N) is 1. The highest BCUT2D eigenvalue weighted by Crippen LogP contribution is 2.27. The minimum atomic E-state index is 0.0695. The summed E-state index contributed by atoms with van der Waals surface area (Å²) in [6.07, 6.45) is 19.6. The zero-order valence-electron chi connectivity index (χ0n) is 18.0. The Labute approximate surface area is 158 Å². The van der Waals surface area contributed by atoms with Crippen molar-refractivity contribution in [1.82, 2.24) is 5.32 Å². The fourth-order valence-electron chi connectivity index (χ4n) is 4.23. The van der Waals surface area contributed by atoms with Crippen LogP contribution in [0.3, 0.4) is 0 Å². The minimum absolute atomic E-state index is 0.0695. The van der Waals surface area contributed by atoms with E-state index in [1.807, 2.05) is 0 Å². The maximum Gasteiger partial charge on any atom is 0.0973 e. The van der Waals surface area contributed by atoms with Crippen LogP contribution in [0.4, 0.5) is 0 Å². The van der Waals surface area contributed by atoms with Gasteiger partial charge in [0, 0.05) is 6.42 Å². The quantitative estimate of drug-likeness (QED) is 0.308. The molecule has 1 aliphatic heterocycles. The molecule has 1 unspecified atom stereocenters. The first kappa shape index (κ1) is 22.5. The van der Waals surface area contributed by atoms with Crippen LogP contribution in [0, 0.1) is 5.92 Å². The second-order valence-corrected chi connectivity index (χ2v) is 9.07. The molecule has 0 radical (unpaired) electrons. The molecule has 1 aliphatic rings. The number of aliphatic imine (C=N–C) groups is 1. The lowest BCUT2D eigenvalue weighted by Gasteiger charge is -2.28. The van der Waals surface area contributed by atoms with Gasteiger partial charge in [-0.05, 0) is 26.2 Å². The van der Waals surface area contributed by atoms with Crippen molar-refractivity contribution in [1.29, 1.82) is 0 Å². The molecule has 25 heavy (non-hydrogen) atoms. The van der Waals surface area contributed by atoms with Crippen LogP contribution in [0.25, 0.3) is 0 Å². The molecule has 0 fully saturated rings. The smallest absolute Gasteiger partial charge is 0.0973 e. The highest BCUT2D eigenvalue weighted by atomic mass is 15.2. The van der Waals surface area contributed by atoms with Crippen molar-refractivity contribution in [2.45, 2.75) is 136 Å². The van der Waals surface area contributed by atoms with Crippen molar-refractivity contribution in [3.63, 3.8) is 0 Å². The van der Waals surface area contributed by atoms with Crippen LogP contribution in [-0.4, -0.2) is 17.4 Å². The van der Waals surface area contributed by atoms with E-state index in [0.29, 0.717) is 12.0 Å². The fourth-order valence-corrected chi connectivity index (χ4v) is 4.23. The SMILES string of the molecule is CCCCCCCCCCCCCCCC1=NC(C)(C)C(C(C)C)N1. The van der Waals surface area contributed by atoms with Crippen molar-refractivity contribution >= 4 is 5.84 Å². The molecule has 0 aromatic carbocycles. The van der Waals surface area contributed by atoms with Crippen molar-refractivity contribution in [3.05, 3.63) is 0 Å². The van der Waals surface area contributed by atoms with Gasteiger partial charge in [-0.1, -0.05) is 97.8 Å². The van der Waals surface area contributed by atoms with E-state index >= 15 is 0 Å². The van der Waals surface area contributed by atoms with E-state index in [0.717, 1.165) is 6.42 Å². The maximum atomic E-state index is 4.92. The molecule has 0 saturated heterocycles. The predicted octanol–water partition coefficient (Wildman–Crippen LogP) is 7.27. The van der Waals surface area contributed by atoms with Crippen LogP contribution < -0.4 is 5.32 Å². The van der Waals surface area contributed by atoms with Gasteiger partial charge in [0.2, 0.25) is 0 Å². The van der Waals surface area contributed by atoms with Gasteiger partial charge in [-0.2, -0.15) is 0 Å². The highest BCUT2D eigenvalue weighted by molar-refractivity contribution is 5.85. The predicted molar refractivity (Wildman–Crippen MR) is 114 cm³/mol. The van der Waals surface area contributed by atoms with Gasteiger partial charge in [-0.25, -0.2) is 0 Å². The lowest BCUT2D eigenvalue weighted by molar-refractivity contribution is 0.332. The van der Waals surface area contributed by atoms with Gasteiger partial charge in [0.25, 0.3) is 0 Å². The Morgan fingerprint density at radius 3 is 1.64 bits per heavy atom. The standard InChI is InChI=1S/C23H46N2/c1-6-7-8-9-10-11-12-13-14-15-16-17-18-19-21-24-22(20(2)3)23(4,5)25-21/h20,22H,6-19H2,1-5H3,(H,24,25). The molecular weight excluding hydrogens is 304 g/mol. The van der Waals surface area contributed by atoms with E-state index in [-0.39, 0.29) is 5.54 Å².